The number of esters is 3. The summed E-state index contributed by atoms with van der Waals surface area (Å²) in [5.41, 5.74) is 0. The fourth-order valence-corrected chi connectivity index (χ4v) is 7.21. The summed E-state index contributed by atoms with van der Waals surface area (Å²) in [4.78, 5) is 38.0. The van der Waals surface area contributed by atoms with Crippen LogP contribution in [0.3, 0.4) is 0 Å². The number of hydrogen-bond donors (Lipinski definition) is 0. The number of unbranched alkanes of at least 4 members (excludes halogenated alkanes) is 23. The zero-order valence-electron chi connectivity index (χ0n) is 42.5. The molecule has 0 radical (unpaired) electrons. The number of carbonyl (C=O) groups excluding carboxylic acids is 3. The Kier molecular flexibility index (Phi) is 50.4. The van der Waals surface area contributed by atoms with Gasteiger partial charge in [-0.3, -0.25) is 14.4 Å². The highest BCUT2D eigenvalue weighted by molar-refractivity contribution is 5.71. The molecule has 0 aliphatic heterocycles. The fourth-order valence-electron chi connectivity index (χ4n) is 7.21. The van der Waals surface area contributed by atoms with Crippen LogP contribution in [-0.2, 0) is 28.6 Å². The second-order valence-corrected chi connectivity index (χ2v) is 17.8. The van der Waals surface area contributed by atoms with Crippen LogP contribution in [0.25, 0.3) is 0 Å². The highest BCUT2D eigenvalue weighted by Gasteiger charge is 2.19. The van der Waals surface area contributed by atoms with E-state index in [-0.39, 0.29) is 31.1 Å². The van der Waals surface area contributed by atoms with Gasteiger partial charge >= 0.3 is 17.9 Å². The van der Waals surface area contributed by atoms with Crippen molar-refractivity contribution >= 4 is 17.9 Å². The monoisotopic (exact) mass is 905 g/mol. The molecule has 0 amide bonds. The van der Waals surface area contributed by atoms with Crippen LogP contribution in [0.2, 0.25) is 0 Å². The molecular weight excluding hydrogens is 805 g/mol. The molecule has 0 N–H and O–H groups in total. The van der Waals surface area contributed by atoms with Gasteiger partial charge < -0.3 is 14.2 Å². The molecule has 6 heteroatoms. The van der Waals surface area contributed by atoms with Gasteiger partial charge in [-0.2, -0.15) is 0 Å². The number of carbonyl (C=O) groups is 3. The lowest BCUT2D eigenvalue weighted by molar-refractivity contribution is -0.167. The Hall–Kier alpha value is -3.41. The van der Waals surface area contributed by atoms with Crippen molar-refractivity contribution in [3.63, 3.8) is 0 Å². The lowest BCUT2D eigenvalue weighted by atomic mass is 10.1. The Morgan fingerprint density at radius 3 is 0.923 bits per heavy atom. The molecule has 0 rings (SSSR count). The standard InChI is InChI=1S/C59H100O6/c1-4-7-10-13-16-19-22-25-27-28-29-30-32-34-37-40-43-46-49-52-58(61)64-55-56(54-63-57(60)51-48-45-42-39-36-33-24-21-18-15-12-9-6-3)65-59(62)53-50-47-44-41-38-35-31-26-23-20-17-14-11-8-5-2/h16-17,19-21,24-27,29-31,34,37,56H,4-15,18,22-23,28,32-33,35-36,38-55H2,1-3H3/b19-16+,20-17+,24-21+,27-25+,30-29+,31-26+,37-34+/t56-/m1/s1. The van der Waals surface area contributed by atoms with Gasteiger partial charge in [-0.25, -0.2) is 0 Å². The van der Waals surface area contributed by atoms with Crippen molar-refractivity contribution in [3.8, 4) is 0 Å². The van der Waals surface area contributed by atoms with Crippen LogP contribution >= 0.6 is 0 Å². The molecule has 1 atom stereocenters. The Morgan fingerprint density at radius 2 is 0.554 bits per heavy atom. The fraction of sp³-hybridized carbons (Fsp3) is 0.712. The van der Waals surface area contributed by atoms with Crippen LogP contribution in [0.15, 0.2) is 85.1 Å². The number of allylic oxidation sites excluding steroid dienone is 14. The van der Waals surface area contributed by atoms with Crippen LogP contribution in [0.5, 0.6) is 0 Å². The number of hydrogen-bond acceptors (Lipinski definition) is 6. The average molecular weight is 905 g/mol. The molecule has 0 aromatic heterocycles. The maximum atomic E-state index is 12.8. The molecule has 0 aliphatic rings. The minimum absolute atomic E-state index is 0.0973. The van der Waals surface area contributed by atoms with Crippen LogP contribution < -0.4 is 0 Å². The SMILES string of the molecule is CCCCC/C=C/C/C=C/C/C=C/C/C=C/CCCCCC(=O)OC[C@@H](COC(=O)CCCCCCC/C=C/CCCCCC)OC(=O)CCCCCCC/C=C/C/C=C/CCCCC. The van der Waals surface area contributed by atoms with Crippen molar-refractivity contribution < 1.29 is 28.6 Å². The quantitative estimate of drug-likeness (QED) is 0.0262. The predicted molar refractivity (Wildman–Crippen MR) is 279 cm³/mol. The third-order valence-corrected chi connectivity index (χ3v) is 11.3. The molecule has 0 heterocycles. The van der Waals surface area contributed by atoms with E-state index in [0.29, 0.717) is 19.3 Å². The molecule has 0 unspecified atom stereocenters. The van der Waals surface area contributed by atoms with Gasteiger partial charge in [-0.1, -0.05) is 196 Å². The van der Waals surface area contributed by atoms with Gasteiger partial charge in [0.2, 0.25) is 0 Å². The first kappa shape index (κ1) is 61.6. The molecule has 372 valence electrons. The predicted octanol–water partition coefficient (Wildman–Crippen LogP) is 18.0. The van der Waals surface area contributed by atoms with E-state index < -0.39 is 6.10 Å². The van der Waals surface area contributed by atoms with Crippen molar-refractivity contribution in [2.75, 3.05) is 13.2 Å². The van der Waals surface area contributed by atoms with Crippen LogP contribution in [0, 0.1) is 0 Å². The first-order valence-electron chi connectivity index (χ1n) is 27.1. The summed E-state index contributed by atoms with van der Waals surface area (Å²) in [6.45, 7) is 6.52. The smallest absolute Gasteiger partial charge is 0.306 e. The van der Waals surface area contributed by atoms with Gasteiger partial charge in [0.25, 0.3) is 0 Å². The van der Waals surface area contributed by atoms with E-state index in [4.69, 9.17) is 14.2 Å². The summed E-state index contributed by atoms with van der Waals surface area (Å²) in [5, 5.41) is 0. The lowest BCUT2D eigenvalue weighted by Crippen LogP contribution is -2.30. The largest absolute Gasteiger partial charge is 0.462 e. The molecule has 0 bridgehead atoms. The average Bonchev–Trinajstić information content (AvgIpc) is 3.30. The highest BCUT2D eigenvalue weighted by Crippen LogP contribution is 2.13. The zero-order valence-corrected chi connectivity index (χ0v) is 42.5. The molecule has 0 fully saturated rings. The zero-order chi connectivity index (χ0) is 47.2. The van der Waals surface area contributed by atoms with E-state index in [2.05, 4.69) is 106 Å². The Labute approximate surface area is 401 Å². The second kappa shape index (κ2) is 53.2. The topological polar surface area (TPSA) is 78.9 Å². The third-order valence-electron chi connectivity index (χ3n) is 11.3. The van der Waals surface area contributed by atoms with Crippen LogP contribution in [0.1, 0.15) is 252 Å². The Balaban J connectivity index is 4.47. The van der Waals surface area contributed by atoms with Crippen molar-refractivity contribution in [1.82, 2.24) is 0 Å². The number of ether oxygens (including phenoxy) is 3. The summed E-state index contributed by atoms with van der Waals surface area (Å²) in [7, 11) is 0. The summed E-state index contributed by atoms with van der Waals surface area (Å²) in [6.07, 6.45) is 68.5. The first-order chi connectivity index (χ1) is 32.0. The van der Waals surface area contributed by atoms with Crippen molar-refractivity contribution in [1.29, 1.82) is 0 Å². The maximum absolute atomic E-state index is 12.8. The van der Waals surface area contributed by atoms with E-state index in [1.54, 1.807) is 0 Å². The summed E-state index contributed by atoms with van der Waals surface area (Å²) in [5.74, 6) is -0.950. The molecule has 0 spiro atoms. The van der Waals surface area contributed by atoms with Crippen LogP contribution in [-0.4, -0.2) is 37.2 Å². The van der Waals surface area contributed by atoms with Crippen LogP contribution in [0.4, 0.5) is 0 Å². The van der Waals surface area contributed by atoms with Gasteiger partial charge in [0.1, 0.15) is 13.2 Å². The molecule has 0 saturated heterocycles. The summed E-state index contributed by atoms with van der Waals surface area (Å²) >= 11 is 0. The van der Waals surface area contributed by atoms with E-state index in [1.807, 2.05) is 0 Å². The summed E-state index contributed by atoms with van der Waals surface area (Å²) < 4.78 is 16.8. The second-order valence-electron chi connectivity index (χ2n) is 17.8. The van der Waals surface area contributed by atoms with Crippen molar-refractivity contribution in [2.24, 2.45) is 0 Å². The molecular formula is C59H100O6. The van der Waals surface area contributed by atoms with Gasteiger partial charge in [0, 0.05) is 19.3 Å². The van der Waals surface area contributed by atoms with Gasteiger partial charge in [0.15, 0.2) is 6.10 Å². The van der Waals surface area contributed by atoms with Gasteiger partial charge in [-0.05, 0) is 122 Å². The normalized spacial score (nSPS) is 12.7. The van der Waals surface area contributed by atoms with Crippen molar-refractivity contribution in [3.05, 3.63) is 85.1 Å². The molecule has 0 aromatic rings. The molecule has 0 aliphatic carbocycles. The Bertz CT molecular complexity index is 1270. The highest BCUT2D eigenvalue weighted by atomic mass is 16.6. The van der Waals surface area contributed by atoms with E-state index >= 15 is 0 Å². The van der Waals surface area contributed by atoms with Gasteiger partial charge in [0.05, 0.1) is 0 Å². The molecule has 0 saturated carbocycles. The van der Waals surface area contributed by atoms with E-state index in [1.165, 1.54) is 96.3 Å². The van der Waals surface area contributed by atoms with Crippen molar-refractivity contribution in [2.45, 2.75) is 258 Å². The van der Waals surface area contributed by atoms with Gasteiger partial charge in [-0.15, -0.1) is 0 Å². The molecule has 0 aromatic carbocycles. The maximum Gasteiger partial charge on any atom is 0.306 e. The minimum Gasteiger partial charge on any atom is -0.462 e. The molecule has 6 nitrogen and oxygen atoms in total. The van der Waals surface area contributed by atoms with E-state index in [0.717, 1.165) is 116 Å². The summed E-state index contributed by atoms with van der Waals surface area (Å²) in [6, 6.07) is 0. The third kappa shape index (κ3) is 51.4. The first-order valence-corrected chi connectivity index (χ1v) is 27.1. The Morgan fingerprint density at radius 1 is 0.308 bits per heavy atom. The number of rotatable bonds is 48. The lowest BCUT2D eigenvalue weighted by Gasteiger charge is -2.18. The molecule has 65 heavy (non-hydrogen) atoms. The minimum atomic E-state index is -0.800. The van der Waals surface area contributed by atoms with E-state index in [9.17, 15) is 14.4 Å².